The Kier molecular flexibility index (Phi) is 4.53. The molecule has 164 valence electrons. The Bertz CT molecular complexity index is 1320. The van der Waals surface area contributed by atoms with E-state index in [0.29, 0.717) is 30.8 Å². The Morgan fingerprint density at radius 1 is 1.03 bits per heavy atom. The van der Waals surface area contributed by atoms with Gasteiger partial charge in [-0.1, -0.05) is 12.1 Å². The van der Waals surface area contributed by atoms with Crippen molar-refractivity contribution in [2.45, 2.75) is 18.4 Å². The highest BCUT2D eigenvalue weighted by atomic mass is 16.4. The molecule has 0 bridgehead atoms. The molecule has 3 aromatic heterocycles. The van der Waals surface area contributed by atoms with Crippen molar-refractivity contribution >= 4 is 23.6 Å². The first kappa shape index (κ1) is 19.4. The van der Waals surface area contributed by atoms with E-state index in [1.165, 1.54) is 0 Å². The standard InChI is InChI=1S/C24H21N7O2/c32-21-24(7-8-24)31(12-11-26-21)23-28-15-20(33-23)16-3-1-5-18(13-16)29-22-27-10-6-19(30-22)17-4-2-9-25-14-17/h1-6,9-10,13-15H,7-8,11-12H2,(H,26,32)(H,27,29,30). The highest BCUT2D eigenvalue weighted by molar-refractivity contribution is 5.93. The van der Waals surface area contributed by atoms with E-state index >= 15 is 0 Å². The Morgan fingerprint density at radius 2 is 1.94 bits per heavy atom. The van der Waals surface area contributed by atoms with E-state index in [1.807, 2.05) is 47.4 Å². The number of hydrogen-bond donors (Lipinski definition) is 2. The number of hydrogen-bond acceptors (Lipinski definition) is 8. The molecular weight excluding hydrogens is 418 g/mol. The number of carbonyl (C=O) groups excluding carboxylic acids is 1. The maximum Gasteiger partial charge on any atom is 0.298 e. The summed E-state index contributed by atoms with van der Waals surface area (Å²) >= 11 is 0. The van der Waals surface area contributed by atoms with Gasteiger partial charge in [0, 0.05) is 48.5 Å². The number of amides is 1. The lowest BCUT2D eigenvalue weighted by atomic mass is 10.1. The summed E-state index contributed by atoms with van der Waals surface area (Å²) < 4.78 is 6.08. The minimum Gasteiger partial charge on any atom is -0.423 e. The average Bonchev–Trinajstić information content (AvgIpc) is 3.49. The third-order valence-corrected chi connectivity index (χ3v) is 6.02. The molecule has 33 heavy (non-hydrogen) atoms. The molecule has 9 heteroatoms. The molecule has 0 atom stereocenters. The van der Waals surface area contributed by atoms with Crippen LogP contribution in [0.25, 0.3) is 22.6 Å². The Balaban J connectivity index is 1.23. The van der Waals surface area contributed by atoms with Crippen molar-refractivity contribution in [2.24, 2.45) is 0 Å². The van der Waals surface area contributed by atoms with Gasteiger partial charge in [-0.25, -0.2) is 15.0 Å². The van der Waals surface area contributed by atoms with Crippen molar-refractivity contribution in [1.29, 1.82) is 0 Å². The van der Waals surface area contributed by atoms with E-state index in [-0.39, 0.29) is 5.91 Å². The van der Waals surface area contributed by atoms with Crippen molar-refractivity contribution in [3.8, 4) is 22.6 Å². The molecule has 1 aromatic carbocycles. The number of rotatable bonds is 5. The van der Waals surface area contributed by atoms with Crippen LogP contribution < -0.4 is 15.5 Å². The first-order valence-electron chi connectivity index (χ1n) is 10.8. The minimum atomic E-state index is -0.486. The third kappa shape index (κ3) is 3.57. The maximum atomic E-state index is 12.3. The van der Waals surface area contributed by atoms with Crippen molar-refractivity contribution in [1.82, 2.24) is 25.3 Å². The molecule has 2 fully saturated rings. The van der Waals surface area contributed by atoms with E-state index in [9.17, 15) is 4.79 Å². The SMILES string of the molecule is O=C1NCCN(c2ncc(-c3cccc(Nc4nccc(-c5cccnc5)n4)c3)o2)C12CC2. The van der Waals surface area contributed by atoms with Crippen LogP contribution in [0.5, 0.6) is 0 Å². The van der Waals surface area contributed by atoms with Gasteiger partial charge in [0.15, 0.2) is 5.76 Å². The van der Waals surface area contributed by atoms with Crippen LogP contribution in [0.4, 0.5) is 17.7 Å². The Labute approximate surface area is 189 Å². The normalized spacial score (nSPS) is 16.5. The number of nitrogens with zero attached hydrogens (tertiary/aromatic N) is 5. The second-order valence-electron chi connectivity index (χ2n) is 8.16. The summed E-state index contributed by atoms with van der Waals surface area (Å²) in [6, 6.07) is 14.0. The van der Waals surface area contributed by atoms with Gasteiger partial charge in [-0.3, -0.25) is 9.78 Å². The molecule has 1 aliphatic carbocycles. The molecule has 4 aromatic rings. The van der Waals surface area contributed by atoms with Crippen LogP contribution in [-0.4, -0.2) is 44.5 Å². The van der Waals surface area contributed by atoms with Gasteiger partial charge in [0.05, 0.1) is 11.9 Å². The quantitative estimate of drug-likeness (QED) is 0.487. The Morgan fingerprint density at radius 3 is 2.79 bits per heavy atom. The van der Waals surface area contributed by atoms with Gasteiger partial charge in [0.1, 0.15) is 5.54 Å². The summed E-state index contributed by atoms with van der Waals surface area (Å²) in [7, 11) is 0. The number of anilines is 3. The predicted octanol–water partition coefficient (Wildman–Crippen LogP) is 3.41. The molecule has 6 rings (SSSR count). The number of aromatic nitrogens is 4. The van der Waals surface area contributed by atoms with Crippen molar-refractivity contribution in [3.63, 3.8) is 0 Å². The summed E-state index contributed by atoms with van der Waals surface area (Å²) in [5, 5.41) is 6.20. The zero-order valence-corrected chi connectivity index (χ0v) is 17.7. The number of carbonyl (C=O) groups is 1. The van der Waals surface area contributed by atoms with Crippen LogP contribution in [0.15, 0.2) is 71.7 Å². The number of nitrogens with one attached hydrogen (secondary N) is 2. The van der Waals surface area contributed by atoms with E-state index in [4.69, 9.17) is 4.42 Å². The molecule has 2 aliphatic rings. The first-order chi connectivity index (χ1) is 16.2. The van der Waals surface area contributed by atoms with Crippen molar-refractivity contribution in [3.05, 3.63) is 67.3 Å². The van der Waals surface area contributed by atoms with Crippen LogP contribution in [-0.2, 0) is 4.79 Å². The molecule has 0 unspecified atom stereocenters. The lowest BCUT2D eigenvalue weighted by Crippen LogP contribution is -2.57. The maximum absolute atomic E-state index is 12.3. The topological polar surface area (TPSA) is 109 Å². The average molecular weight is 439 g/mol. The molecule has 0 radical (unpaired) electrons. The van der Waals surface area contributed by atoms with Crippen LogP contribution >= 0.6 is 0 Å². The fourth-order valence-electron chi connectivity index (χ4n) is 4.17. The second-order valence-corrected chi connectivity index (χ2v) is 8.16. The Hall–Kier alpha value is -4.27. The first-order valence-corrected chi connectivity index (χ1v) is 10.8. The molecule has 4 heterocycles. The molecule has 2 N–H and O–H groups in total. The zero-order valence-electron chi connectivity index (χ0n) is 17.7. The summed E-state index contributed by atoms with van der Waals surface area (Å²) in [4.78, 5) is 31.9. The van der Waals surface area contributed by atoms with Crippen LogP contribution in [0.3, 0.4) is 0 Å². The fraction of sp³-hybridized carbons (Fsp3) is 0.208. The molecular formula is C24H21N7O2. The van der Waals surface area contributed by atoms with Crippen molar-refractivity contribution in [2.75, 3.05) is 23.3 Å². The summed E-state index contributed by atoms with van der Waals surface area (Å²) in [6.07, 6.45) is 8.58. The number of pyridine rings is 1. The lowest BCUT2D eigenvalue weighted by molar-refractivity contribution is -0.124. The zero-order chi connectivity index (χ0) is 22.3. The predicted molar refractivity (Wildman–Crippen MR) is 123 cm³/mol. The van der Waals surface area contributed by atoms with E-state index < -0.39 is 5.54 Å². The summed E-state index contributed by atoms with van der Waals surface area (Å²) in [5.74, 6) is 1.19. The van der Waals surface area contributed by atoms with Gasteiger partial charge in [0.25, 0.3) is 6.01 Å². The number of oxazole rings is 1. The largest absolute Gasteiger partial charge is 0.423 e. The molecule has 1 saturated heterocycles. The van der Waals surface area contributed by atoms with E-state index in [1.54, 1.807) is 24.8 Å². The smallest absolute Gasteiger partial charge is 0.298 e. The van der Waals surface area contributed by atoms with Crippen LogP contribution in [0.1, 0.15) is 12.8 Å². The highest BCUT2D eigenvalue weighted by Gasteiger charge is 2.57. The second kappa shape index (κ2) is 7.70. The van der Waals surface area contributed by atoms with Gasteiger partial charge in [-0.15, -0.1) is 0 Å². The van der Waals surface area contributed by atoms with E-state index in [2.05, 4.69) is 30.6 Å². The third-order valence-electron chi connectivity index (χ3n) is 6.02. The number of piperazine rings is 1. The van der Waals surface area contributed by atoms with Gasteiger partial charge < -0.3 is 20.0 Å². The van der Waals surface area contributed by atoms with Gasteiger partial charge in [-0.05, 0) is 43.2 Å². The van der Waals surface area contributed by atoms with Gasteiger partial charge >= 0.3 is 0 Å². The molecule has 1 saturated carbocycles. The molecule has 1 aliphatic heterocycles. The fourth-order valence-corrected chi connectivity index (χ4v) is 4.17. The monoisotopic (exact) mass is 439 g/mol. The summed E-state index contributed by atoms with van der Waals surface area (Å²) in [5.41, 5.74) is 2.92. The minimum absolute atomic E-state index is 0.0632. The van der Waals surface area contributed by atoms with E-state index in [0.717, 1.165) is 35.3 Å². The highest BCUT2D eigenvalue weighted by Crippen LogP contribution is 2.45. The van der Waals surface area contributed by atoms with Gasteiger partial charge in [-0.2, -0.15) is 0 Å². The lowest BCUT2D eigenvalue weighted by Gasteiger charge is -2.34. The van der Waals surface area contributed by atoms with Crippen LogP contribution in [0, 0.1) is 0 Å². The van der Waals surface area contributed by atoms with Gasteiger partial charge in [0.2, 0.25) is 11.9 Å². The molecule has 1 spiro atoms. The molecule has 9 nitrogen and oxygen atoms in total. The summed E-state index contributed by atoms with van der Waals surface area (Å²) in [6.45, 7) is 1.29. The van der Waals surface area contributed by atoms with Crippen LogP contribution in [0.2, 0.25) is 0 Å². The molecule has 1 amide bonds. The van der Waals surface area contributed by atoms with Crippen molar-refractivity contribution < 1.29 is 9.21 Å². The number of benzene rings is 1.